The number of nitrogens with two attached hydrogens (primary N) is 1. The van der Waals surface area contributed by atoms with E-state index in [0.29, 0.717) is 0 Å². The molecule has 0 aromatic heterocycles. The Morgan fingerprint density at radius 2 is 2.08 bits per heavy atom. The fourth-order valence-electron chi connectivity index (χ4n) is 1.02. The van der Waals surface area contributed by atoms with E-state index in [0.717, 1.165) is 12.8 Å². The summed E-state index contributed by atoms with van der Waals surface area (Å²) in [5.74, 6) is -0.474. The lowest BCUT2D eigenvalue weighted by Gasteiger charge is -2.15. The van der Waals surface area contributed by atoms with Gasteiger partial charge >= 0.3 is 0 Å². The maximum absolute atomic E-state index is 11.5. The molecule has 0 aliphatic heterocycles. The zero-order chi connectivity index (χ0) is 10.1. The molecule has 0 saturated heterocycles. The molecule has 1 saturated carbocycles. The van der Waals surface area contributed by atoms with Gasteiger partial charge in [0.2, 0.25) is 15.9 Å². The molecule has 0 spiro atoms. The van der Waals surface area contributed by atoms with Gasteiger partial charge in [-0.2, -0.15) is 0 Å². The summed E-state index contributed by atoms with van der Waals surface area (Å²) in [7, 11) is -1.65. The van der Waals surface area contributed by atoms with Crippen LogP contribution < -0.4 is 5.73 Å². The molecule has 76 valence electrons. The van der Waals surface area contributed by atoms with E-state index in [2.05, 4.69) is 0 Å². The smallest absolute Gasteiger partial charge is 0.218 e. The number of primary amides is 1. The SMILES string of the molecule is CN(CCC(N)=O)S(=O)(=O)C1CC1. The third-order valence-electron chi connectivity index (χ3n) is 2.05. The quantitative estimate of drug-likeness (QED) is 0.645. The van der Waals surface area contributed by atoms with Crippen LogP contribution in [-0.2, 0) is 14.8 Å². The third-order valence-corrected chi connectivity index (χ3v) is 4.42. The second-order valence-electron chi connectivity index (χ2n) is 3.28. The summed E-state index contributed by atoms with van der Waals surface area (Å²) in [4.78, 5) is 10.4. The van der Waals surface area contributed by atoms with Crippen LogP contribution in [0.4, 0.5) is 0 Å². The van der Waals surface area contributed by atoms with Gasteiger partial charge in [0.05, 0.1) is 5.25 Å². The van der Waals surface area contributed by atoms with Crippen molar-refractivity contribution in [2.45, 2.75) is 24.5 Å². The van der Waals surface area contributed by atoms with Gasteiger partial charge in [-0.05, 0) is 12.8 Å². The van der Waals surface area contributed by atoms with Crippen molar-refractivity contribution >= 4 is 15.9 Å². The van der Waals surface area contributed by atoms with Crippen LogP contribution in [0.25, 0.3) is 0 Å². The Balaban J connectivity index is 2.46. The van der Waals surface area contributed by atoms with Crippen LogP contribution in [0.3, 0.4) is 0 Å². The average molecular weight is 206 g/mol. The zero-order valence-corrected chi connectivity index (χ0v) is 8.38. The Kier molecular flexibility index (Phi) is 2.92. The van der Waals surface area contributed by atoms with Crippen molar-refractivity contribution in [3.8, 4) is 0 Å². The molecular formula is C7H14N2O3S. The summed E-state index contributed by atoms with van der Waals surface area (Å²) >= 11 is 0. The summed E-state index contributed by atoms with van der Waals surface area (Å²) in [6, 6.07) is 0. The Hall–Kier alpha value is -0.620. The summed E-state index contributed by atoms with van der Waals surface area (Å²) in [6.07, 6.45) is 1.56. The van der Waals surface area contributed by atoms with E-state index in [4.69, 9.17) is 5.73 Å². The summed E-state index contributed by atoms with van der Waals surface area (Å²) < 4.78 is 24.2. The number of carbonyl (C=O) groups is 1. The van der Waals surface area contributed by atoms with Crippen molar-refractivity contribution in [2.75, 3.05) is 13.6 Å². The van der Waals surface area contributed by atoms with Crippen LogP contribution in [0.5, 0.6) is 0 Å². The first-order valence-electron chi connectivity index (χ1n) is 4.18. The fraction of sp³-hybridized carbons (Fsp3) is 0.857. The van der Waals surface area contributed by atoms with Crippen molar-refractivity contribution < 1.29 is 13.2 Å². The Morgan fingerprint density at radius 1 is 1.54 bits per heavy atom. The minimum Gasteiger partial charge on any atom is -0.370 e. The van der Waals surface area contributed by atoms with Gasteiger partial charge in [-0.3, -0.25) is 4.79 Å². The van der Waals surface area contributed by atoms with Crippen molar-refractivity contribution in [2.24, 2.45) is 5.73 Å². The number of sulfonamides is 1. The molecule has 1 aliphatic carbocycles. The molecule has 13 heavy (non-hydrogen) atoms. The number of rotatable bonds is 5. The average Bonchev–Trinajstić information content (AvgIpc) is 2.81. The zero-order valence-electron chi connectivity index (χ0n) is 7.56. The highest BCUT2D eigenvalue weighted by Crippen LogP contribution is 2.30. The van der Waals surface area contributed by atoms with Crippen molar-refractivity contribution in [3.05, 3.63) is 0 Å². The molecule has 6 heteroatoms. The van der Waals surface area contributed by atoms with Crippen LogP contribution in [0.2, 0.25) is 0 Å². The normalized spacial score (nSPS) is 17.7. The molecule has 0 aromatic rings. The van der Waals surface area contributed by atoms with Crippen LogP contribution in [0.15, 0.2) is 0 Å². The van der Waals surface area contributed by atoms with Gasteiger partial charge in [0.25, 0.3) is 0 Å². The summed E-state index contributed by atoms with van der Waals surface area (Å²) in [5, 5.41) is -0.217. The molecule has 5 nitrogen and oxygen atoms in total. The van der Waals surface area contributed by atoms with E-state index in [9.17, 15) is 13.2 Å². The van der Waals surface area contributed by atoms with Crippen LogP contribution in [0, 0.1) is 0 Å². The highest BCUT2D eigenvalue weighted by Gasteiger charge is 2.38. The molecule has 0 radical (unpaired) electrons. The molecule has 0 aromatic carbocycles. The number of amides is 1. The lowest BCUT2D eigenvalue weighted by atomic mass is 10.4. The molecule has 1 amide bonds. The number of hydrogen-bond acceptors (Lipinski definition) is 3. The number of hydrogen-bond donors (Lipinski definition) is 1. The lowest BCUT2D eigenvalue weighted by molar-refractivity contribution is -0.118. The minimum absolute atomic E-state index is 0.0858. The van der Waals surface area contributed by atoms with Gasteiger partial charge in [-0.25, -0.2) is 12.7 Å². The topological polar surface area (TPSA) is 80.5 Å². The Labute approximate surface area is 77.9 Å². The molecule has 1 rings (SSSR count). The van der Waals surface area contributed by atoms with E-state index < -0.39 is 15.9 Å². The molecule has 0 bridgehead atoms. The summed E-state index contributed by atoms with van der Waals surface area (Å²) in [6.45, 7) is 0.189. The number of carbonyl (C=O) groups excluding carboxylic acids is 1. The van der Waals surface area contributed by atoms with E-state index in [1.807, 2.05) is 0 Å². The largest absolute Gasteiger partial charge is 0.370 e. The van der Waals surface area contributed by atoms with Crippen molar-refractivity contribution in [3.63, 3.8) is 0 Å². The highest BCUT2D eigenvalue weighted by molar-refractivity contribution is 7.90. The molecular weight excluding hydrogens is 192 g/mol. The fourth-order valence-corrected chi connectivity index (χ4v) is 2.60. The Bertz CT molecular complexity index is 295. The highest BCUT2D eigenvalue weighted by atomic mass is 32.2. The van der Waals surface area contributed by atoms with E-state index in [-0.39, 0.29) is 18.2 Å². The van der Waals surface area contributed by atoms with Gasteiger partial charge in [0.1, 0.15) is 0 Å². The van der Waals surface area contributed by atoms with Crippen molar-refractivity contribution in [1.29, 1.82) is 0 Å². The van der Waals surface area contributed by atoms with Gasteiger partial charge < -0.3 is 5.73 Å². The second kappa shape index (κ2) is 3.63. The predicted octanol–water partition coefficient (Wildman–Crippen LogP) is -0.714. The molecule has 0 atom stereocenters. The molecule has 0 unspecified atom stereocenters. The van der Waals surface area contributed by atoms with Crippen LogP contribution >= 0.6 is 0 Å². The molecule has 1 aliphatic rings. The third kappa shape index (κ3) is 2.67. The van der Waals surface area contributed by atoms with Gasteiger partial charge in [-0.15, -0.1) is 0 Å². The minimum atomic E-state index is -3.14. The van der Waals surface area contributed by atoms with E-state index >= 15 is 0 Å². The lowest BCUT2D eigenvalue weighted by Crippen LogP contribution is -2.32. The van der Waals surface area contributed by atoms with Gasteiger partial charge in [0.15, 0.2) is 0 Å². The standard InChI is InChI=1S/C7H14N2O3S/c1-9(5-4-7(8)10)13(11,12)6-2-3-6/h6H,2-5H2,1H3,(H2,8,10). The summed E-state index contributed by atoms with van der Waals surface area (Å²) in [5.41, 5.74) is 4.92. The molecule has 0 heterocycles. The maximum atomic E-state index is 11.5. The van der Waals surface area contributed by atoms with Gasteiger partial charge in [0, 0.05) is 20.0 Å². The first kappa shape index (κ1) is 10.5. The molecule has 2 N–H and O–H groups in total. The predicted molar refractivity (Wildman–Crippen MR) is 48.4 cm³/mol. The van der Waals surface area contributed by atoms with E-state index in [1.54, 1.807) is 0 Å². The Morgan fingerprint density at radius 3 is 2.46 bits per heavy atom. The second-order valence-corrected chi connectivity index (χ2v) is 5.60. The van der Waals surface area contributed by atoms with Crippen molar-refractivity contribution in [1.82, 2.24) is 4.31 Å². The first-order valence-corrected chi connectivity index (χ1v) is 5.68. The molecule has 1 fully saturated rings. The maximum Gasteiger partial charge on any atom is 0.218 e. The first-order chi connectivity index (χ1) is 5.94. The van der Waals surface area contributed by atoms with Gasteiger partial charge in [-0.1, -0.05) is 0 Å². The monoisotopic (exact) mass is 206 g/mol. The van der Waals surface area contributed by atoms with Crippen LogP contribution in [0.1, 0.15) is 19.3 Å². The van der Waals surface area contributed by atoms with Crippen LogP contribution in [-0.4, -0.2) is 37.5 Å². The van der Waals surface area contributed by atoms with E-state index in [1.165, 1.54) is 11.4 Å². The number of nitrogens with zero attached hydrogens (tertiary/aromatic N) is 1.